The third-order valence-electron chi connectivity index (χ3n) is 1.81. The van der Waals surface area contributed by atoms with Crippen LogP contribution in [0.3, 0.4) is 0 Å². The Morgan fingerprint density at radius 3 is 2.86 bits per heavy atom. The fourth-order valence-electron chi connectivity index (χ4n) is 1.23. The van der Waals surface area contributed by atoms with Gasteiger partial charge in [0.2, 0.25) is 5.06 Å². The average molecular weight is 213 g/mol. The van der Waals surface area contributed by atoms with Crippen LogP contribution in [0.2, 0.25) is 0 Å². The van der Waals surface area contributed by atoms with E-state index in [9.17, 15) is 14.5 Å². The summed E-state index contributed by atoms with van der Waals surface area (Å²) in [5.41, 5.74) is -0.323. The minimum atomic E-state index is -0.919. The van der Waals surface area contributed by atoms with Crippen molar-refractivity contribution < 1.29 is 14.4 Å². The molecule has 0 saturated heterocycles. The number of nitro groups is 1. The second kappa shape index (κ2) is 2.91. The molecule has 0 aliphatic heterocycles. The van der Waals surface area contributed by atoms with Crippen molar-refractivity contribution in [3.63, 3.8) is 0 Å². The standard InChI is InChI=1S/C8H4FNO3S/c9-7-6-4(10(12)13)2-1-3-5(6)14-8(7)11/h1-3,11H. The first kappa shape index (κ1) is 8.89. The van der Waals surface area contributed by atoms with Crippen molar-refractivity contribution in [3.05, 3.63) is 34.1 Å². The highest BCUT2D eigenvalue weighted by atomic mass is 32.1. The summed E-state index contributed by atoms with van der Waals surface area (Å²) in [6.45, 7) is 0. The predicted octanol–water partition coefficient (Wildman–Crippen LogP) is 2.65. The van der Waals surface area contributed by atoms with Gasteiger partial charge >= 0.3 is 0 Å². The van der Waals surface area contributed by atoms with Crippen molar-refractivity contribution >= 4 is 27.1 Å². The summed E-state index contributed by atoms with van der Waals surface area (Å²) in [6, 6.07) is 4.18. The highest BCUT2D eigenvalue weighted by molar-refractivity contribution is 7.20. The van der Waals surface area contributed by atoms with E-state index in [2.05, 4.69) is 0 Å². The lowest BCUT2D eigenvalue weighted by molar-refractivity contribution is -0.383. The van der Waals surface area contributed by atoms with E-state index in [4.69, 9.17) is 5.11 Å². The van der Waals surface area contributed by atoms with E-state index in [0.29, 0.717) is 4.70 Å². The van der Waals surface area contributed by atoms with Crippen LogP contribution in [0.5, 0.6) is 5.06 Å². The molecule has 0 saturated carbocycles. The van der Waals surface area contributed by atoms with E-state index in [1.165, 1.54) is 18.2 Å². The number of rotatable bonds is 1. The van der Waals surface area contributed by atoms with Crippen LogP contribution < -0.4 is 0 Å². The highest BCUT2D eigenvalue weighted by Crippen LogP contribution is 2.39. The molecule has 2 aromatic rings. The fourth-order valence-corrected chi connectivity index (χ4v) is 2.08. The molecule has 6 heteroatoms. The van der Waals surface area contributed by atoms with Gasteiger partial charge < -0.3 is 5.11 Å². The van der Waals surface area contributed by atoms with Crippen LogP contribution in [0.4, 0.5) is 10.1 Å². The Bertz CT molecular complexity index is 523. The molecule has 14 heavy (non-hydrogen) atoms. The number of benzene rings is 1. The summed E-state index contributed by atoms with van der Waals surface area (Å²) in [5.74, 6) is -0.919. The van der Waals surface area contributed by atoms with E-state index in [-0.39, 0.29) is 11.1 Å². The molecular formula is C8H4FNO3S. The minimum absolute atomic E-state index is 0.125. The molecule has 2 rings (SSSR count). The monoisotopic (exact) mass is 213 g/mol. The van der Waals surface area contributed by atoms with Crippen LogP contribution in [0, 0.1) is 15.9 Å². The molecule has 1 heterocycles. The van der Waals surface area contributed by atoms with Crippen molar-refractivity contribution in [1.29, 1.82) is 0 Å². The maximum Gasteiger partial charge on any atom is 0.281 e. The number of fused-ring (bicyclic) bond motifs is 1. The molecule has 0 radical (unpaired) electrons. The number of halogens is 1. The van der Waals surface area contributed by atoms with Crippen molar-refractivity contribution in [2.45, 2.75) is 0 Å². The number of nitrogens with zero attached hydrogens (tertiary/aromatic N) is 1. The van der Waals surface area contributed by atoms with Gasteiger partial charge in [-0.2, -0.15) is 0 Å². The fraction of sp³-hybridized carbons (Fsp3) is 0. The summed E-state index contributed by atoms with van der Waals surface area (Å²) in [4.78, 5) is 9.87. The molecule has 1 N–H and O–H groups in total. The number of hydrogen-bond donors (Lipinski definition) is 1. The number of aromatic hydroxyl groups is 1. The van der Waals surface area contributed by atoms with Crippen LogP contribution in [-0.2, 0) is 0 Å². The third-order valence-corrected chi connectivity index (χ3v) is 2.75. The van der Waals surface area contributed by atoms with Gasteiger partial charge in [0.05, 0.1) is 4.92 Å². The van der Waals surface area contributed by atoms with Gasteiger partial charge in [0.15, 0.2) is 5.82 Å². The third kappa shape index (κ3) is 1.12. The molecule has 0 fully saturated rings. The first-order chi connectivity index (χ1) is 6.61. The van der Waals surface area contributed by atoms with E-state index < -0.39 is 15.8 Å². The maximum absolute atomic E-state index is 13.2. The summed E-state index contributed by atoms with van der Waals surface area (Å²) >= 11 is 0.786. The van der Waals surface area contributed by atoms with Crippen LogP contribution >= 0.6 is 11.3 Å². The molecule has 1 aromatic heterocycles. The topological polar surface area (TPSA) is 63.4 Å². The van der Waals surface area contributed by atoms with Gasteiger partial charge in [0.25, 0.3) is 5.69 Å². The first-order valence-corrected chi connectivity index (χ1v) is 4.47. The van der Waals surface area contributed by atoms with E-state index in [0.717, 1.165) is 11.3 Å². The van der Waals surface area contributed by atoms with Crippen LogP contribution in [0.1, 0.15) is 0 Å². The van der Waals surface area contributed by atoms with E-state index in [1.54, 1.807) is 0 Å². The van der Waals surface area contributed by atoms with Gasteiger partial charge in [0, 0.05) is 10.8 Å². The van der Waals surface area contributed by atoms with Gasteiger partial charge in [-0.05, 0) is 6.07 Å². The Kier molecular flexibility index (Phi) is 1.85. The number of nitro benzene ring substituents is 1. The summed E-state index contributed by atoms with van der Waals surface area (Å²) in [5, 5.41) is 19.0. The maximum atomic E-state index is 13.2. The predicted molar refractivity (Wildman–Crippen MR) is 50.1 cm³/mol. The van der Waals surface area contributed by atoms with E-state index in [1.807, 2.05) is 0 Å². The van der Waals surface area contributed by atoms with Crippen molar-refractivity contribution in [2.75, 3.05) is 0 Å². The van der Waals surface area contributed by atoms with Crippen LogP contribution in [0.25, 0.3) is 10.1 Å². The Morgan fingerprint density at radius 1 is 1.50 bits per heavy atom. The lowest BCUT2D eigenvalue weighted by atomic mass is 10.2. The number of hydrogen-bond acceptors (Lipinski definition) is 4. The van der Waals surface area contributed by atoms with E-state index >= 15 is 0 Å². The van der Waals surface area contributed by atoms with Crippen LogP contribution in [-0.4, -0.2) is 10.0 Å². The van der Waals surface area contributed by atoms with Gasteiger partial charge in [-0.25, -0.2) is 4.39 Å². The zero-order valence-corrected chi connectivity index (χ0v) is 7.55. The summed E-state index contributed by atoms with van der Waals surface area (Å²) in [6.07, 6.45) is 0. The number of thiophene rings is 1. The average Bonchev–Trinajstić information content (AvgIpc) is 2.43. The largest absolute Gasteiger partial charge is 0.497 e. The second-order valence-corrected chi connectivity index (χ2v) is 3.66. The van der Waals surface area contributed by atoms with Crippen molar-refractivity contribution in [3.8, 4) is 5.06 Å². The van der Waals surface area contributed by atoms with Crippen LogP contribution in [0.15, 0.2) is 18.2 Å². The highest BCUT2D eigenvalue weighted by Gasteiger charge is 2.20. The second-order valence-electron chi connectivity index (χ2n) is 2.63. The zero-order chi connectivity index (χ0) is 10.3. The van der Waals surface area contributed by atoms with Gasteiger partial charge in [-0.15, -0.1) is 0 Å². The molecule has 0 spiro atoms. The Morgan fingerprint density at radius 2 is 2.21 bits per heavy atom. The number of non-ortho nitro benzene ring substituents is 1. The minimum Gasteiger partial charge on any atom is -0.497 e. The quantitative estimate of drug-likeness (QED) is 0.585. The SMILES string of the molecule is O=[N+]([O-])c1cccc2sc(O)c(F)c12. The molecule has 0 aliphatic rings. The normalized spacial score (nSPS) is 10.6. The summed E-state index contributed by atoms with van der Waals surface area (Å²) < 4.78 is 13.6. The molecule has 0 bridgehead atoms. The Labute approximate surface area is 81.4 Å². The Hall–Kier alpha value is -1.69. The lowest BCUT2D eigenvalue weighted by Crippen LogP contribution is -1.88. The molecule has 0 atom stereocenters. The van der Waals surface area contributed by atoms with Gasteiger partial charge in [0.1, 0.15) is 5.39 Å². The molecule has 0 aliphatic carbocycles. The van der Waals surface area contributed by atoms with Gasteiger partial charge in [-0.1, -0.05) is 17.4 Å². The van der Waals surface area contributed by atoms with Crippen molar-refractivity contribution in [1.82, 2.24) is 0 Å². The lowest BCUT2D eigenvalue weighted by Gasteiger charge is -1.92. The Balaban J connectivity index is 2.91. The van der Waals surface area contributed by atoms with Crippen molar-refractivity contribution in [2.24, 2.45) is 0 Å². The molecular weight excluding hydrogens is 209 g/mol. The molecule has 1 aromatic carbocycles. The van der Waals surface area contributed by atoms with Gasteiger partial charge in [-0.3, -0.25) is 10.1 Å². The first-order valence-electron chi connectivity index (χ1n) is 3.65. The molecule has 72 valence electrons. The smallest absolute Gasteiger partial charge is 0.281 e. The summed E-state index contributed by atoms with van der Waals surface area (Å²) in [7, 11) is 0. The zero-order valence-electron chi connectivity index (χ0n) is 6.73. The molecule has 4 nitrogen and oxygen atoms in total. The molecule has 0 unspecified atom stereocenters. The molecule has 0 amide bonds.